The summed E-state index contributed by atoms with van der Waals surface area (Å²) in [6.07, 6.45) is 7.66. The number of tetrazole rings is 1. The van der Waals surface area contributed by atoms with Gasteiger partial charge >= 0.3 is 12.1 Å². The molecule has 0 spiro atoms. The van der Waals surface area contributed by atoms with E-state index >= 15 is 0 Å². The maximum atomic E-state index is 13.2. The molecule has 1 aliphatic rings. The first-order valence-corrected chi connectivity index (χ1v) is 14.4. The van der Waals surface area contributed by atoms with Crippen LogP contribution in [-0.2, 0) is 19.1 Å². The molecule has 1 unspecified atom stereocenters. The monoisotopic (exact) mass is 631 g/mol. The third kappa shape index (κ3) is 7.78. The molecule has 1 aliphatic heterocycles. The molecule has 0 saturated heterocycles. The number of hydrogen-bond acceptors (Lipinski definition) is 11. The Morgan fingerprint density at radius 3 is 2.67 bits per heavy atom. The fraction of sp³-hybridized carbons (Fsp3) is 0.267. The van der Waals surface area contributed by atoms with Gasteiger partial charge in [-0.05, 0) is 71.8 Å². The van der Waals surface area contributed by atoms with Crippen molar-refractivity contribution in [3.63, 3.8) is 0 Å². The average Bonchev–Trinajstić information content (AvgIpc) is 3.59. The van der Waals surface area contributed by atoms with Gasteiger partial charge in [0, 0.05) is 33.6 Å². The van der Waals surface area contributed by atoms with E-state index in [1.165, 1.54) is 37.6 Å². The molecule has 2 bridgehead atoms. The lowest BCUT2D eigenvalue weighted by Gasteiger charge is -2.23. The smallest absolute Gasteiger partial charge is 0.411 e. The molecule has 14 nitrogen and oxygen atoms in total. The number of carbonyl (C=O) groups excluding carboxylic acids is 3. The fourth-order valence-corrected chi connectivity index (χ4v) is 5.12. The predicted molar refractivity (Wildman–Crippen MR) is 165 cm³/mol. The Balaban J connectivity index is 1.45. The number of esters is 1. The Kier molecular flexibility index (Phi) is 9.94. The van der Waals surface area contributed by atoms with Crippen molar-refractivity contribution in [1.29, 1.82) is 0 Å². The second-order valence-electron chi connectivity index (χ2n) is 10.1. The van der Waals surface area contributed by atoms with Crippen LogP contribution < -0.4 is 16.0 Å². The molecule has 0 saturated carbocycles. The van der Waals surface area contributed by atoms with Gasteiger partial charge in [0.25, 0.3) is 0 Å². The largest absolute Gasteiger partial charge is 0.467 e. The molecule has 2 atom stereocenters. The van der Waals surface area contributed by atoms with Crippen molar-refractivity contribution in [3.8, 4) is 16.9 Å². The number of anilines is 2. The first-order valence-electron chi connectivity index (χ1n) is 14.0. The van der Waals surface area contributed by atoms with Crippen molar-refractivity contribution in [2.45, 2.75) is 37.8 Å². The summed E-state index contributed by atoms with van der Waals surface area (Å²) < 4.78 is 11.3. The zero-order chi connectivity index (χ0) is 31.8. The molecule has 3 N–H and O–H groups in total. The summed E-state index contributed by atoms with van der Waals surface area (Å²) >= 11 is 6.22. The average molecular weight is 632 g/mol. The van der Waals surface area contributed by atoms with Crippen molar-refractivity contribution >= 4 is 47.0 Å². The molecule has 0 aliphatic carbocycles. The van der Waals surface area contributed by atoms with E-state index in [9.17, 15) is 14.4 Å². The number of fused-ring (bicyclic) bond motifs is 4. The zero-order valence-electron chi connectivity index (χ0n) is 24.4. The number of amides is 2. The second kappa shape index (κ2) is 14.4. The highest BCUT2D eigenvalue weighted by atomic mass is 35.5. The molecule has 0 radical (unpaired) electrons. The molecule has 2 aromatic carbocycles. The van der Waals surface area contributed by atoms with E-state index in [-0.39, 0.29) is 5.91 Å². The topological polar surface area (TPSA) is 175 Å². The van der Waals surface area contributed by atoms with Crippen molar-refractivity contribution in [2.24, 2.45) is 0 Å². The summed E-state index contributed by atoms with van der Waals surface area (Å²) in [5, 5.41) is 20.7. The van der Waals surface area contributed by atoms with Crippen LogP contribution in [0.5, 0.6) is 0 Å². The minimum atomic E-state index is -0.661. The van der Waals surface area contributed by atoms with Crippen LogP contribution in [0.25, 0.3) is 23.0 Å². The number of rotatable bonds is 6. The van der Waals surface area contributed by atoms with Gasteiger partial charge in [-0.15, -0.1) is 5.10 Å². The number of methoxy groups -OCH3 is 2. The number of nitrogens with one attached hydrogen (secondary N) is 3. The van der Waals surface area contributed by atoms with E-state index in [2.05, 4.69) is 41.4 Å². The van der Waals surface area contributed by atoms with Crippen LogP contribution in [0.15, 0.2) is 61.2 Å². The lowest BCUT2D eigenvalue weighted by atomic mass is 9.98. The summed E-state index contributed by atoms with van der Waals surface area (Å²) in [7, 11) is 2.61. The minimum Gasteiger partial charge on any atom is -0.467 e. The molecule has 4 aromatic rings. The van der Waals surface area contributed by atoms with Gasteiger partial charge in [-0.1, -0.05) is 24.4 Å². The summed E-state index contributed by atoms with van der Waals surface area (Å²) in [6, 6.07) is 11.0. The third-order valence-corrected chi connectivity index (χ3v) is 7.37. The molecule has 45 heavy (non-hydrogen) atoms. The fourth-order valence-electron chi connectivity index (χ4n) is 4.94. The Morgan fingerprint density at radius 1 is 1.04 bits per heavy atom. The van der Waals surface area contributed by atoms with Crippen molar-refractivity contribution in [3.05, 3.63) is 77.5 Å². The van der Waals surface area contributed by atoms with E-state index in [1.807, 2.05) is 0 Å². The first-order chi connectivity index (χ1) is 21.8. The molecule has 0 fully saturated rings. The molecule has 2 amide bonds. The van der Waals surface area contributed by atoms with Crippen LogP contribution in [0.3, 0.4) is 0 Å². The van der Waals surface area contributed by atoms with E-state index < -0.39 is 24.1 Å². The lowest BCUT2D eigenvalue weighted by Crippen LogP contribution is -2.31. The number of nitrogens with zero attached hydrogens (tertiary/aromatic N) is 6. The van der Waals surface area contributed by atoms with Crippen LogP contribution in [0.4, 0.5) is 16.2 Å². The standard InChI is InChI=1S/C30H30ClN9O5/c1-44-29(42)23-6-4-3-5-22(37-28(41)12-7-18-13-19(31)8-11-27(18)40-17-34-38-39-40)26-15-24(32-16-33-26)21-10-9-20(14-25(21)36-23)35-30(43)45-2/h7-17,22-23,36H,3-6H2,1-2H3,(H,35,43)(H,37,41)/b12-7+/t22-,23?/m0/s1. The van der Waals surface area contributed by atoms with E-state index in [0.29, 0.717) is 70.3 Å². The number of benzene rings is 2. The van der Waals surface area contributed by atoms with Gasteiger partial charge in [0.05, 0.1) is 37.3 Å². The summed E-state index contributed by atoms with van der Waals surface area (Å²) in [5.41, 5.74) is 4.13. The van der Waals surface area contributed by atoms with Crippen molar-refractivity contribution in [1.82, 2.24) is 35.5 Å². The molecule has 232 valence electrons. The van der Waals surface area contributed by atoms with Crippen LogP contribution in [-0.4, -0.2) is 68.4 Å². The van der Waals surface area contributed by atoms with Gasteiger partial charge in [-0.2, -0.15) is 4.68 Å². The summed E-state index contributed by atoms with van der Waals surface area (Å²) in [5.74, 6) is -0.771. The SMILES string of the molecule is COC(=O)Nc1ccc2c(c1)NC(C(=O)OC)CCCC[C@H](NC(=O)/C=C/c1cc(Cl)ccc1-n1cnnn1)c1cc-2ncn1. The van der Waals surface area contributed by atoms with Gasteiger partial charge in [-0.3, -0.25) is 10.1 Å². The number of aromatic nitrogens is 6. The normalized spacial score (nSPS) is 16.3. The van der Waals surface area contributed by atoms with Gasteiger partial charge in [-0.25, -0.2) is 19.6 Å². The summed E-state index contributed by atoms with van der Waals surface area (Å²) in [4.78, 5) is 46.8. The Hall–Kier alpha value is -5.37. The second-order valence-corrected chi connectivity index (χ2v) is 10.5. The molecule has 3 heterocycles. The molecule has 2 aromatic heterocycles. The van der Waals surface area contributed by atoms with Gasteiger partial charge in [0.1, 0.15) is 18.7 Å². The number of carbonyl (C=O) groups is 3. The Bertz CT molecular complexity index is 1710. The maximum absolute atomic E-state index is 13.2. The molecular weight excluding hydrogens is 602 g/mol. The quantitative estimate of drug-likeness (QED) is 0.204. The number of ether oxygens (including phenoxy) is 2. The van der Waals surface area contributed by atoms with Crippen molar-refractivity contribution < 1.29 is 23.9 Å². The van der Waals surface area contributed by atoms with Crippen LogP contribution >= 0.6 is 11.6 Å². The summed E-state index contributed by atoms with van der Waals surface area (Å²) in [6.45, 7) is 0. The molecule has 15 heteroatoms. The van der Waals surface area contributed by atoms with Crippen molar-refractivity contribution in [2.75, 3.05) is 24.9 Å². The number of hydrogen-bond donors (Lipinski definition) is 3. The minimum absolute atomic E-state index is 0.345. The number of halogens is 1. The highest BCUT2D eigenvalue weighted by Crippen LogP contribution is 2.33. The van der Waals surface area contributed by atoms with Gasteiger partial charge in [0.2, 0.25) is 5.91 Å². The van der Waals surface area contributed by atoms with Crippen LogP contribution in [0.1, 0.15) is 43.0 Å². The van der Waals surface area contributed by atoms with Gasteiger partial charge in [0.15, 0.2) is 0 Å². The van der Waals surface area contributed by atoms with E-state index in [1.54, 1.807) is 48.5 Å². The zero-order valence-corrected chi connectivity index (χ0v) is 25.2. The van der Waals surface area contributed by atoms with Crippen LogP contribution in [0.2, 0.25) is 5.02 Å². The van der Waals surface area contributed by atoms with Gasteiger partial charge < -0.3 is 20.1 Å². The van der Waals surface area contributed by atoms with E-state index in [0.717, 1.165) is 0 Å². The van der Waals surface area contributed by atoms with E-state index in [4.69, 9.17) is 21.1 Å². The highest BCUT2D eigenvalue weighted by molar-refractivity contribution is 6.30. The highest BCUT2D eigenvalue weighted by Gasteiger charge is 2.24. The Morgan fingerprint density at radius 2 is 1.89 bits per heavy atom. The predicted octanol–water partition coefficient (Wildman–Crippen LogP) is 4.35. The third-order valence-electron chi connectivity index (χ3n) is 7.14. The maximum Gasteiger partial charge on any atom is 0.411 e. The molecule has 5 rings (SSSR count). The first kappa shape index (κ1) is 31.1. The Labute approximate surface area is 263 Å². The lowest BCUT2D eigenvalue weighted by molar-refractivity contribution is -0.141. The van der Waals surface area contributed by atoms with Crippen LogP contribution in [0, 0.1) is 0 Å². The molecular formula is C30H30ClN9O5.